The first kappa shape index (κ1) is 14.7. The first-order chi connectivity index (χ1) is 9.68. The van der Waals surface area contributed by atoms with Gasteiger partial charge in [-0.1, -0.05) is 0 Å². The average Bonchev–Trinajstić information content (AvgIpc) is 3.02. The molecule has 0 aromatic carbocycles. The summed E-state index contributed by atoms with van der Waals surface area (Å²) in [7, 11) is -3.26. The van der Waals surface area contributed by atoms with E-state index in [4.69, 9.17) is 4.74 Å². The smallest absolute Gasteiger partial charge is 0.282 e. The Bertz CT molecular complexity index is 409. The molecule has 3 saturated heterocycles. The Balaban J connectivity index is 1.56. The molecule has 0 bridgehead atoms. The zero-order valence-electron chi connectivity index (χ0n) is 12.0. The van der Waals surface area contributed by atoms with Crippen LogP contribution in [0, 0.1) is 0 Å². The second kappa shape index (κ2) is 6.27. The van der Waals surface area contributed by atoms with Crippen molar-refractivity contribution in [1.82, 2.24) is 13.5 Å². The lowest BCUT2D eigenvalue weighted by molar-refractivity contribution is 0.0686. The van der Waals surface area contributed by atoms with Crippen LogP contribution in [0.4, 0.5) is 0 Å². The van der Waals surface area contributed by atoms with E-state index in [1.807, 2.05) is 0 Å². The first-order valence-electron chi connectivity index (χ1n) is 7.75. The molecule has 3 fully saturated rings. The van der Waals surface area contributed by atoms with Gasteiger partial charge in [0, 0.05) is 32.2 Å². The molecule has 3 rings (SSSR count). The number of piperidine rings is 1. The third kappa shape index (κ3) is 3.01. The molecule has 3 aliphatic rings. The van der Waals surface area contributed by atoms with Gasteiger partial charge in [0.15, 0.2) is 0 Å². The summed E-state index contributed by atoms with van der Waals surface area (Å²) in [5.41, 5.74) is 0. The molecule has 116 valence electrons. The first-order valence-corrected chi connectivity index (χ1v) is 9.14. The fourth-order valence-electron chi connectivity index (χ4n) is 3.49. The summed E-state index contributed by atoms with van der Waals surface area (Å²) in [5.74, 6) is 0. The van der Waals surface area contributed by atoms with Gasteiger partial charge in [0.1, 0.15) is 0 Å². The fourth-order valence-corrected chi connectivity index (χ4v) is 5.09. The van der Waals surface area contributed by atoms with Gasteiger partial charge in [0.25, 0.3) is 10.2 Å². The van der Waals surface area contributed by atoms with E-state index in [-0.39, 0.29) is 0 Å². The summed E-state index contributed by atoms with van der Waals surface area (Å²) in [6, 6.07) is 0.591. The second-order valence-electron chi connectivity index (χ2n) is 5.89. The zero-order valence-corrected chi connectivity index (χ0v) is 12.9. The molecule has 0 amide bonds. The van der Waals surface area contributed by atoms with Crippen molar-refractivity contribution in [2.75, 3.05) is 52.5 Å². The number of morpholine rings is 1. The van der Waals surface area contributed by atoms with Crippen molar-refractivity contribution in [3.05, 3.63) is 0 Å². The predicted octanol–water partition coefficient (Wildman–Crippen LogP) is 0.124. The van der Waals surface area contributed by atoms with E-state index in [0.29, 0.717) is 45.4 Å². The van der Waals surface area contributed by atoms with E-state index < -0.39 is 10.2 Å². The summed E-state index contributed by atoms with van der Waals surface area (Å²) in [5, 5.41) is 0. The van der Waals surface area contributed by atoms with Gasteiger partial charge in [0.2, 0.25) is 0 Å². The molecule has 0 aliphatic carbocycles. The Morgan fingerprint density at radius 3 is 1.95 bits per heavy atom. The number of rotatable bonds is 3. The number of likely N-dealkylation sites (tertiary alicyclic amines) is 1. The van der Waals surface area contributed by atoms with Crippen LogP contribution in [-0.4, -0.2) is 80.5 Å². The quantitative estimate of drug-likeness (QED) is 0.743. The molecule has 0 radical (unpaired) electrons. The van der Waals surface area contributed by atoms with Crippen molar-refractivity contribution in [3.63, 3.8) is 0 Å². The van der Waals surface area contributed by atoms with Crippen molar-refractivity contribution >= 4 is 10.2 Å². The Labute approximate surface area is 121 Å². The van der Waals surface area contributed by atoms with Gasteiger partial charge in [-0.2, -0.15) is 17.0 Å². The van der Waals surface area contributed by atoms with Gasteiger partial charge in [-0.25, -0.2) is 0 Å². The number of nitrogens with zero attached hydrogens (tertiary/aromatic N) is 3. The molecule has 0 aromatic rings. The number of hydrogen-bond acceptors (Lipinski definition) is 4. The van der Waals surface area contributed by atoms with Crippen molar-refractivity contribution in [2.24, 2.45) is 0 Å². The third-order valence-electron chi connectivity index (χ3n) is 4.70. The maximum absolute atomic E-state index is 12.6. The van der Waals surface area contributed by atoms with Gasteiger partial charge in [-0.15, -0.1) is 0 Å². The fraction of sp³-hybridized carbons (Fsp3) is 1.00. The molecule has 7 heteroatoms. The summed E-state index contributed by atoms with van der Waals surface area (Å²) >= 11 is 0. The van der Waals surface area contributed by atoms with E-state index in [0.717, 1.165) is 12.8 Å². The van der Waals surface area contributed by atoms with Crippen LogP contribution in [0.2, 0.25) is 0 Å². The summed E-state index contributed by atoms with van der Waals surface area (Å²) in [4.78, 5) is 2.54. The molecule has 0 atom stereocenters. The molecule has 0 aromatic heterocycles. The van der Waals surface area contributed by atoms with Gasteiger partial charge < -0.3 is 9.64 Å². The highest BCUT2D eigenvalue weighted by Gasteiger charge is 2.35. The summed E-state index contributed by atoms with van der Waals surface area (Å²) in [6.45, 7) is 5.75. The summed E-state index contributed by atoms with van der Waals surface area (Å²) < 4.78 is 33.6. The van der Waals surface area contributed by atoms with Crippen LogP contribution in [0.5, 0.6) is 0 Å². The van der Waals surface area contributed by atoms with Crippen molar-refractivity contribution in [2.45, 2.75) is 31.7 Å². The average molecular weight is 303 g/mol. The van der Waals surface area contributed by atoms with Gasteiger partial charge in [-0.3, -0.25) is 0 Å². The Morgan fingerprint density at radius 1 is 0.800 bits per heavy atom. The largest absolute Gasteiger partial charge is 0.379 e. The highest BCUT2D eigenvalue weighted by Crippen LogP contribution is 2.23. The lowest BCUT2D eigenvalue weighted by Gasteiger charge is -2.38. The van der Waals surface area contributed by atoms with Crippen LogP contribution in [0.15, 0.2) is 0 Å². The van der Waals surface area contributed by atoms with Crippen LogP contribution in [0.25, 0.3) is 0 Å². The zero-order chi connectivity index (χ0) is 14.0. The van der Waals surface area contributed by atoms with E-state index in [9.17, 15) is 8.42 Å². The monoisotopic (exact) mass is 303 g/mol. The third-order valence-corrected chi connectivity index (χ3v) is 6.74. The normalized spacial score (nSPS) is 29.0. The van der Waals surface area contributed by atoms with E-state index in [1.165, 1.54) is 25.9 Å². The topological polar surface area (TPSA) is 53.1 Å². The van der Waals surface area contributed by atoms with Crippen LogP contribution in [-0.2, 0) is 14.9 Å². The highest BCUT2D eigenvalue weighted by atomic mass is 32.2. The maximum atomic E-state index is 12.6. The van der Waals surface area contributed by atoms with Crippen LogP contribution in [0.3, 0.4) is 0 Å². The highest BCUT2D eigenvalue weighted by molar-refractivity contribution is 7.86. The molecule has 0 spiro atoms. The van der Waals surface area contributed by atoms with Crippen LogP contribution >= 0.6 is 0 Å². The van der Waals surface area contributed by atoms with Crippen molar-refractivity contribution in [1.29, 1.82) is 0 Å². The van der Waals surface area contributed by atoms with Gasteiger partial charge in [-0.05, 0) is 38.8 Å². The Hall–Kier alpha value is -0.210. The van der Waals surface area contributed by atoms with E-state index in [2.05, 4.69) is 4.90 Å². The predicted molar refractivity (Wildman–Crippen MR) is 76.7 cm³/mol. The molecular formula is C13H25N3O3S. The van der Waals surface area contributed by atoms with Crippen molar-refractivity contribution < 1.29 is 13.2 Å². The minimum atomic E-state index is -3.26. The number of ether oxygens (including phenoxy) is 1. The van der Waals surface area contributed by atoms with Crippen molar-refractivity contribution in [3.8, 4) is 0 Å². The molecule has 0 saturated carbocycles. The van der Waals surface area contributed by atoms with Gasteiger partial charge >= 0.3 is 0 Å². The minimum absolute atomic E-state index is 0.494. The standard InChI is InChI=1S/C13H25N3O3S/c17-20(18,16-9-11-19-12-10-16)15-7-3-13(4-8-15)14-5-1-2-6-14/h13H,1-12H2. The maximum Gasteiger partial charge on any atom is 0.282 e. The minimum Gasteiger partial charge on any atom is -0.379 e. The molecule has 0 N–H and O–H groups in total. The molecule has 3 aliphatic heterocycles. The van der Waals surface area contributed by atoms with E-state index in [1.54, 1.807) is 8.61 Å². The SMILES string of the molecule is O=S(=O)(N1CCOCC1)N1CCC(N2CCCC2)CC1. The second-order valence-corrected chi connectivity index (χ2v) is 7.82. The van der Waals surface area contributed by atoms with E-state index >= 15 is 0 Å². The molecule has 3 heterocycles. The lowest BCUT2D eigenvalue weighted by Crippen LogP contribution is -2.52. The Morgan fingerprint density at radius 2 is 1.35 bits per heavy atom. The molecular weight excluding hydrogens is 278 g/mol. The molecule has 6 nitrogen and oxygen atoms in total. The van der Waals surface area contributed by atoms with Crippen LogP contribution in [0.1, 0.15) is 25.7 Å². The Kier molecular flexibility index (Phi) is 4.62. The number of hydrogen-bond donors (Lipinski definition) is 0. The van der Waals surface area contributed by atoms with Gasteiger partial charge in [0.05, 0.1) is 13.2 Å². The summed E-state index contributed by atoms with van der Waals surface area (Å²) in [6.07, 6.45) is 4.55. The lowest BCUT2D eigenvalue weighted by atomic mass is 10.1. The van der Waals surface area contributed by atoms with Crippen LogP contribution < -0.4 is 0 Å². The molecule has 0 unspecified atom stereocenters. The molecule has 20 heavy (non-hydrogen) atoms.